The number of benzene rings is 1. The zero-order valence-electron chi connectivity index (χ0n) is 12.8. The first kappa shape index (κ1) is 17.5. The lowest BCUT2D eigenvalue weighted by Gasteiger charge is -2.11. The first-order chi connectivity index (χ1) is 10.9. The van der Waals surface area contributed by atoms with Crippen LogP contribution < -0.4 is 5.32 Å². The van der Waals surface area contributed by atoms with Crippen molar-refractivity contribution in [1.29, 1.82) is 0 Å². The van der Waals surface area contributed by atoms with Crippen LogP contribution in [0.3, 0.4) is 0 Å². The third-order valence-corrected chi connectivity index (χ3v) is 6.37. The summed E-state index contributed by atoms with van der Waals surface area (Å²) in [6, 6.07) is 6.18. The summed E-state index contributed by atoms with van der Waals surface area (Å²) in [7, 11) is -3.18. The zero-order chi connectivity index (χ0) is 16.9. The highest BCUT2D eigenvalue weighted by atomic mass is 32.2. The molecule has 0 unspecified atom stereocenters. The van der Waals surface area contributed by atoms with Crippen molar-refractivity contribution in [3.63, 3.8) is 0 Å². The monoisotopic (exact) mass is 339 g/mol. The fraction of sp³-hybridized carbons (Fsp3) is 0.500. The quantitative estimate of drug-likeness (QED) is 0.788. The van der Waals surface area contributed by atoms with Crippen molar-refractivity contribution in [2.24, 2.45) is 0 Å². The summed E-state index contributed by atoms with van der Waals surface area (Å²) in [5, 5.41) is 11.2. The fourth-order valence-electron chi connectivity index (χ4n) is 2.70. The summed E-state index contributed by atoms with van der Waals surface area (Å²) in [5.41, 5.74) is 0.949. The maximum atomic E-state index is 12.1. The summed E-state index contributed by atoms with van der Waals surface area (Å²) in [4.78, 5) is 22.5. The van der Waals surface area contributed by atoms with Gasteiger partial charge in [0, 0.05) is 13.0 Å². The molecule has 1 fully saturated rings. The van der Waals surface area contributed by atoms with Crippen LogP contribution in [-0.2, 0) is 21.2 Å². The van der Waals surface area contributed by atoms with Gasteiger partial charge in [0.05, 0.1) is 16.6 Å². The molecule has 0 aliphatic heterocycles. The van der Waals surface area contributed by atoms with Crippen molar-refractivity contribution in [2.45, 2.75) is 43.9 Å². The molecule has 0 aromatic heterocycles. The van der Waals surface area contributed by atoms with Gasteiger partial charge in [-0.2, -0.15) is 0 Å². The molecule has 23 heavy (non-hydrogen) atoms. The lowest BCUT2D eigenvalue weighted by Crippen LogP contribution is -2.28. The number of carbonyl (C=O) groups excluding carboxylic acids is 1. The van der Waals surface area contributed by atoms with Gasteiger partial charge in [-0.05, 0) is 30.5 Å². The van der Waals surface area contributed by atoms with Gasteiger partial charge < -0.3 is 10.4 Å². The van der Waals surface area contributed by atoms with Crippen molar-refractivity contribution in [2.75, 3.05) is 5.75 Å². The Labute approximate surface area is 135 Å². The summed E-state index contributed by atoms with van der Waals surface area (Å²) in [6.07, 6.45) is 3.27. The first-order valence-electron chi connectivity index (χ1n) is 7.69. The largest absolute Gasteiger partial charge is 0.478 e. The SMILES string of the molecule is O=C(CCS(=O)(=O)C1CCCC1)NCc1ccc(C(=O)O)cc1. The zero-order valence-corrected chi connectivity index (χ0v) is 13.6. The van der Waals surface area contributed by atoms with Gasteiger partial charge in [0.25, 0.3) is 0 Å². The summed E-state index contributed by atoms with van der Waals surface area (Å²) in [6.45, 7) is 0.252. The molecule has 1 aliphatic rings. The fourth-order valence-corrected chi connectivity index (χ4v) is 4.56. The van der Waals surface area contributed by atoms with E-state index in [9.17, 15) is 18.0 Å². The minimum absolute atomic E-state index is 0.0357. The molecule has 6 nitrogen and oxygen atoms in total. The van der Waals surface area contributed by atoms with Crippen molar-refractivity contribution in [1.82, 2.24) is 5.32 Å². The maximum absolute atomic E-state index is 12.1. The van der Waals surface area contributed by atoms with E-state index in [-0.39, 0.29) is 35.4 Å². The Hall–Kier alpha value is -1.89. The van der Waals surface area contributed by atoms with Gasteiger partial charge in [-0.1, -0.05) is 25.0 Å². The molecule has 0 atom stereocenters. The highest BCUT2D eigenvalue weighted by Gasteiger charge is 2.28. The average molecular weight is 339 g/mol. The average Bonchev–Trinajstić information content (AvgIpc) is 3.06. The number of rotatable bonds is 7. The molecule has 0 radical (unpaired) electrons. The number of carboxylic acid groups (broad SMARTS) is 1. The number of amides is 1. The number of carboxylic acids is 1. The van der Waals surface area contributed by atoms with Crippen LogP contribution in [0, 0.1) is 0 Å². The highest BCUT2D eigenvalue weighted by molar-refractivity contribution is 7.92. The Bertz CT molecular complexity index is 660. The van der Waals surface area contributed by atoms with Crippen LogP contribution in [0.15, 0.2) is 24.3 Å². The molecule has 1 amide bonds. The maximum Gasteiger partial charge on any atom is 0.335 e. The van der Waals surface area contributed by atoms with Crippen LogP contribution in [0.4, 0.5) is 0 Å². The van der Waals surface area contributed by atoms with Gasteiger partial charge in [-0.15, -0.1) is 0 Å². The normalized spacial score (nSPS) is 15.5. The second kappa shape index (κ2) is 7.59. The number of carbonyl (C=O) groups is 2. The molecule has 7 heteroatoms. The second-order valence-corrected chi connectivity index (χ2v) is 8.20. The Morgan fingerprint density at radius 3 is 2.30 bits per heavy atom. The van der Waals surface area contributed by atoms with E-state index in [2.05, 4.69) is 5.32 Å². The molecule has 0 heterocycles. The Morgan fingerprint density at radius 2 is 1.74 bits per heavy atom. The number of sulfone groups is 1. The van der Waals surface area contributed by atoms with E-state index >= 15 is 0 Å². The van der Waals surface area contributed by atoms with Gasteiger partial charge in [0.1, 0.15) is 0 Å². The smallest absolute Gasteiger partial charge is 0.335 e. The van der Waals surface area contributed by atoms with Crippen LogP contribution in [0.1, 0.15) is 48.0 Å². The molecular weight excluding hydrogens is 318 g/mol. The molecule has 1 aromatic rings. The van der Waals surface area contributed by atoms with Crippen LogP contribution in [-0.4, -0.2) is 36.4 Å². The number of nitrogens with one attached hydrogen (secondary N) is 1. The molecule has 1 saturated carbocycles. The Balaban J connectivity index is 1.77. The molecule has 0 bridgehead atoms. The molecule has 1 aromatic carbocycles. The van der Waals surface area contributed by atoms with Gasteiger partial charge in [0.15, 0.2) is 9.84 Å². The van der Waals surface area contributed by atoms with E-state index in [1.807, 2.05) is 0 Å². The van der Waals surface area contributed by atoms with Gasteiger partial charge in [-0.3, -0.25) is 4.79 Å². The lowest BCUT2D eigenvalue weighted by molar-refractivity contribution is -0.120. The minimum atomic E-state index is -3.18. The highest BCUT2D eigenvalue weighted by Crippen LogP contribution is 2.25. The van der Waals surface area contributed by atoms with Crippen LogP contribution in [0.5, 0.6) is 0 Å². The molecular formula is C16H21NO5S. The number of aromatic carboxylic acids is 1. The van der Waals surface area contributed by atoms with Gasteiger partial charge >= 0.3 is 5.97 Å². The third-order valence-electron chi connectivity index (χ3n) is 4.11. The molecule has 1 aliphatic carbocycles. The summed E-state index contributed by atoms with van der Waals surface area (Å²) >= 11 is 0. The first-order valence-corrected chi connectivity index (χ1v) is 9.40. The van der Waals surface area contributed by atoms with E-state index in [0.717, 1.165) is 18.4 Å². The van der Waals surface area contributed by atoms with E-state index < -0.39 is 15.8 Å². The van der Waals surface area contributed by atoms with E-state index in [1.54, 1.807) is 12.1 Å². The Morgan fingerprint density at radius 1 is 1.13 bits per heavy atom. The molecule has 126 valence electrons. The predicted molar refractivity (Wildman–Crippen MR) is 85.9 cm³/mol. The van der Waals surface area contributed by atoms with Crippen molar-refractivity contribution in [3.8, 4) is 0 Å². The van der Waals surface area contributed by atoms with Crippen molar-refractivity contribution >= 4 is 21.7 Å². The standard InChI is InChI=1S/C16H21NO5S/c18-15(9-10-23(21,22)14-3-1-2-4-14)17-11-12-5-7-13(8-6-12)16(19)20/h5-8,14H,1-4,9-11H2,(H,17,18)(H,19,20). The van der Waals surface area contributed by atoms with Crippen molar-refractivity contribution in [3.05, 3.63) is 35.4 Å². The Kier molecular flexibility index (Phi) is 5.76. The van der Waals surface area contributed by atoms with E-state index in [4.69, 9.17) is 5.11 Å². The van der Waals surface area contributed by atoms with Crippen molar-refractivity contribution < 1.29 is 23.1 Å². The van der Waals surface area contributed by atoms with E-state index in [1.165, 1.54) is 12.1 Å². The van der Waals surface area contributed by atoms with Gasteiger partial charge in [0.2, 0.25) is 5.91 Å². The minimum Gasteiger partial charge on any atom is -0.478 e. The molecule has 2 N–H and O–H groups in total. The van der Waals surface area contributed by atoms with E-state index in [0.29, 0.717) is 12.8 Å². The number of hydrogen-bond acceptors (Lipinski definition) is 4. The summed E-state index contributed by atoms with van der Waals surface area (Å²) < 4.78 is 24.2. The topological polar surface area (TPSA) is 101 Å². The van der Waals surface area contributed by atoms with Crippen LogP contribution in [0.2, 0.25) is 0 Å². The second-order valence-electron chi connectivity index (χ2n) is 5.80. The lowest BCUT2D eigenvalue weighted by atomic mass is 10.1. The molecule has 2 rings (SSSR count). The molecule has 0 saturated heterocycles. The predicted octanol–water partition coefficient (Wildman–Crippen LogP) is 1.75. The molecule has 0 spiro atoms. The van der Waals surface area contributed by atoms with Gasteiger partial charge in [-0.25, -0.2) is 13.2 Å². The third kappa shape index (κ3) is 5.06. The number of hydrogen-bond donors (Lipinski definition) is 2. The van der Waals surface area contributed by atoms with Crippen LogP contribution >= 0.6 is 0 Å². The van der Waals surface area contributed by atoms with Crippen LogP contribution in [0.25, 0.3) is 0 Å². The summed E-state index contributed by atoms with van der Waals surface area (Å²) in [5.74, 6) is -1.42.